The number of benzene rings is 2. The molecule has 2 aliphatic rings. The van der Waals surface area contributed by atoms with Crippen molar-refractivity contribution in [2.75, 3.05) is 0 Å². The minimum Gasteiger partial charge on any atom is -0.318 e. The lowest BCUT2D eigenvalue weighted by Crippen LogP contribution is -2.38. The number of carbonyl (C=O) groups is 1. The maximum Gasteiger partial charge on any atom is 0.283 e. The average Bonchev–Trinajstić information content (AvgIpc) is 3.33. The molecule has 1 N–H and O–H groups in total. The number of carbonyl (C=O) groups excluding carboxylic acids is 1. The van der Waals surface area contributed by atoms with Crippen molar-refractivity contribution in [1.29, 1.82) is 5.41 Å². The lowest BCUT2D eigenvalue weighted by molar-refractivity contribution is -0.114. The topological polar surface area (TPSA) is 61.5 Å². The van der Waals surface area contributed by atoms with Crippen molar-refractivity contribution in [3.8, 4) is 5.69 Å². The molecule has 0 saturated carbocycles. The summed E-state index contributed by atoms with van der Waals surface area (Å²) < 4.78 is 15.4. The van der Waals surface area contributed by atoms with E-state index in [1.807, 2.05) is 60.2 Å². The Bertz CT molecular complexity index is 1350. The average molecular weight is 443 g/mol. The molecular weight excluding hydrogens is 423 g/mol. The summed E-state index contributed by atoms with van der Waals surface area (Å²) in [4.78, 5) is 18.7. The van der Waals surface area contributed by atoms with Crippen LogP contribution in [0.3, 0.4) is 0 Å². The zero-order valence-corrected chi connectivity index (χ0v) is 18.3. The first-order valence-corrected chi connectivity index (χ1v) is 10.9. The molecule has 158 valence electrons. The second-order valence-corrected chi connectivity index (χ2v) is 8.40. The molecule has 0 atom stereocenters. The summed E-state index contributed by atoms with van der Waals surface area (Å²) in [6.07, 6.45) is 1.72. The van der Waals surface area contributed by atoms with Crippen LogP contribution in [0.5, 0.6) is 0 Å². The monoisotopic (exact) mass is 442 g/mol. The van der Waals surface area contributed by atoms with E-state index < -0.39 is 5.91 Å². The number of amides is 1. The molecule has 0 radical (unpaired) electrons. The summed E-state index contributed by atoms with van der Waals surface area (Å²) in [7, 11) is 0. The molecule has 32 heavy (non-hydrogen) atoms. The maximum atomic E-state index is 13.4. The number of thioether (sulfide) groups is 1. The number of amidine groups is 2. The molecule has 2 aliphatic heterocycles. The second kappa shape index (κ2) is 7.76. The van der Waals surface area contributed by atoms with Gasteiger partial charge in [0.15, 0.2) is 5.17 Å². The van der Waals surface area contributed by atoms with E-state index in [1.165, 1.54) is 23.9 Å². The van der Waals surface area contributed by atoms with Gasteiger partial charge < -0.3 is 4.57 Å². The first kappa shape index (κ1) is 20.2. The molecule has 0 fully saturated rings. The Hall–Kier alpha value is -3.71. The molecule has 0 unspecified atom stereocenters. The molecule has 3 heterocycles. The smallest absolute Gasteiger partial charge is 0.283 e. The van der Waals surface area contributed by atoms with Gasteiger partial charge in [0.1, 0.15) is 11.7 Å². The van der Waals surface area contributed by atoms with E-state index in [-0.39, 0.29) is 17.2 Å². The number of nitrogens with zero attached hydrogens (tertiary/aromatic N) is 3. The Labute approximate surface area is 189 Å². The second-order valence-electron chi connectivity index (χ2n) is 7.57. The summed E-state index contributed by atoms with van der Waals surface area (Å²) in [5.74, 6) is -0.617. The standard InChI is InChI=1S/C25H19FN4OS/c1-15-12-18(16(2)29(15)20-10-8-19(26)9-11-20)13-21-23(27)30-22(17-6-4-3-5-7-17)14-32-25(30)28-24(21)31/h3-14,27H,1-2H3/b21-13+,27-23?. The Morgan fingerprint density at radius 3 is 2.50 bits per heavy atom. The molecule has 3 aromatic rings. The Kier molecular flexibility index (Phi) is 4.90. The molecule has 7 heteroatoms. The normalized spacial score (nSPS) is 17.0. The largest absolute Gasteiger partial charge is 0.318 e. The third kappa shape index (κ3) is 3.31. The zero-order chi connectivity index (χ0) is 22.4. The predicted molar refractivity (Wildman–Crippen MR) is 127 cm³/mol. The SMILES string of the molecule is Cc1cc(/C=C2\C(=N)N3C(c4ccccc4)=CSC3=NC2=O)c(C)n1-c1ccc(F)cc1. The lowest BCUT2D eigenvalue weighted by Gasteiger charge is -2.26. The van der Waals surface area contributed by atoms with E-state index in [4.69, 9.17) is 5.41 Å². The van der Waals surface area contributed by atoms with Crippen LogP contribution in [0.1, 0.15) is 22.5 Å². The summed E-state index contributed by atoms with van der Waals surface area (Å²) in [5, 5.41) is 11.2. The van der Waals surface area contributed by atoms with Gasteiger partial charge in [-0.05, 0) is 61.4 Å². The van der Waals surface area contributed by atoms with Crippen LogP contribution >= 0.6 is 11.8 Å². The first-order valence-electron chi connectivity index (χ1n) is 10.0. The summed E-state index contributed by atoms with van der Waals surface area (Å²) in [6.45, 7) is 3.89. The zero-order valence-electron chi connectivity index (χ0n) is 17.5. The van der Waals surface area contributed by atoms with Crippen molar-refractivity contribution < 1.29 is 9.18 Å². The van der Waals surface area contributed by atoms with Crippen LogP contribution < -0.4 is 0 Å². The molecule has 5 nitrogen and oxygen atoms in total. The van der Waals surface area contributed by atoms with Crippen molar-refractivity contribution in [3.63, 3.8) is 0 Å². The molecule has 0 saturated heterocycles. The minimum absolute atomic E-state index is 0.103. The molecule has 0 bridgehead atoms. The van der Waals surface area contributed by atoms with Crippen molar-refractivity contribution in [2.45, 2.75) is 13.8 Å². The number of aliphatic imine (C=N–C) groups is 1. The van der Waals surface area contributed by atoms with Gasteiger partial charge >= 0.3 is 0 Å². The molecule has 2 aromatic carbocycles. The molecule has 1 amide bonds. The van der Waals surface area contributed by atoms with Gasteiger partial charge in [-0.2, -0.15) is 4.99 Å². The minimum atomic E-state index is -0.428. The fourth-order valence-electron chi connectivity index (χ4n) is 3.99. The highest BCUT2D eigenvalue weighted by Gasteiger charge is 2.36. The molecular formula is C25H19FN4OS. The van der Waals surface area contributed by atoms with E-state index in [9.17, 15) is 9.18 Å². The van der Waals surface area contributed by atoms with Gasteiger partial charge in [0.2, 0.25) is 0 Å². The maximum absolute atomic E-state index is 13.4. The predicted octanol–water partition coefficient (Wildman–Crippen LogP) is 5.54. The van der Waals surface area contributed by atoms with Crippen LogP contribution in [0.4, 0.5) is 4.39 Å². The van der Waals surface area contributed by atoms with Crippen molar-refractivity contribution >= 4 is 40.4 Å². The van der Waals surface area contributed by atoms with Crippen LogP contribution in [0.2, 0.25) is 0 Å². The van der Waals surface area contributed by atoms with Crippen molar-refractivity contribution in [1.82, 2.24) is 9.47 Å². The Balaban J connectivity index is 1.55. The van der Waals surface area contributed by atoms with Crippen LogP contribution in [0.15, 0.2) is 76.6 Å². The highest BCUT2D eigenvalue weighted by molar-refractivity contribution is 8.17. The van der Waals surface area contributed by atoms with Gasteiger partial charge in [0.05, 0.1) is 11.3 Å². The molecule has 5 rings (SSSR count). The van der Waals surface area contributed by atoms with Crippen LogP contribution in [0, 0.1) is 25.1 Å². The van der Waals surface area contributed by atoms with E-state index in [0.29, 0.717) is 5.17 Å². The summed E-state index contributed by atoms with van der Waals surface area (Å²) in [6, 6.07) is 18.0. The number of hydrogen-bond acceptors (Lipinski definition) is 3. The number of aryl methyl sites for hydroxylation is 1. The van der Waals surface area contributed by atoms with Crippen LogP contribution in [-0.2, 0) is 4.79 Å². The quantitative estimate of drug-likeness (QED) is 0.542. The lowest BCUT2D eigenvalue weighted by atomic mass is 10.1. The van der Waals surface area contributed by atoms with E-state index in [0.717, 1.165) is 33.9 Å². The summed E-state index contributed by atoms with van der Waals surface area (Å²) >= 11 is 1.34. The van der Waals surface area contributed by atoms with E-state index in [1.54, 1.807) is 23.1 Å². The number of halogens is 1. The number of nitrogens with one attached hydrogen (secondary N) is 1. The van der Waals surface area contributed by atoms with Gasteiger partial charge in [-0.3, -0.25) is 15.1 Å². The number of rotatable bonds is 3. The number of aromatic nitrogens is 1. The van der Waals surface area contributed by atoms with Crippen LogP contribution in [0.25, 0.3) is 17.5 Å². The van der Waals surface area contributed by atoms with Gasteiger partial charge in [-0.1, -0.05) is 42.1 Å². The van der Waals surface area contributed by atoms with Crippen LogP contribution in [-0.4, -0.2) is 26.4 Å². The fourth-order valence-corrected chi connectivity index (χ4v) is 4.88. The fraction of sp³-hybridized carbons (Fsp3) is 0.0800. The number of fused-ring (bicyclic) bond motifs is 1. The van der Waals surface area contributed by atoms with Gasteiger partial charge in [-0.15, -0.1) is 0 Å². The molecule has 1 aromatic heterocycles. The molecule has 0 spiro atoms. The van der Waals surface area contributed by atoms with Gasteiger partial charge in [0.25, 0.3) is 5.91 Å². The highest BCUT2D eigenvalue weighted by Crippen LogP contribution is 2.37. The Morgan fingerprint density at radius 1 is 1.06 bits per heavy atom. The third-order valence-electron chi connectivity index (χ3n) is 5.54. The van der Waals surface area contributed by atoms with Crippen molar-refractivity contribution in [3.05, 3.63) is 100.0 Å². The highest BCUT2D eigenvalue weighted by atomic mass is 32.2. The van der Waals surface area contributed by atoms with Gasteiger partial charge in [0, 0.05) is 22.5 Å². The van der Waals surface area contributed by atoms with Crippen molar-refractivity contribution in [2.24, 2.45) is 4.99 Å². The first-order chi connectivity index (χ1) is 15.4. The number of hydrogen-bond donors (Lipinski definition) is 1. The van der Waals surface area contributed by atoms with E-state index in [2.05, 4.69) is 4.99 Å². The summed E-state index contributed by atoms with van der Waals surface area (Å²) in [5.41, 5.74) is 5.51. The molecule has 0 aliphatic carbocycles. The van der Waals surface area contributed by atoms with E-state index >= 15 is 0 Å². The Morgan fingerprint density at radius 2 is 1.78 bits per heavy atom. The van der Waals surface area contributed by atoms with Gasteiger partial charge in [-0.25, -0.2) is 4.39 Å². The third-order valence-corrected chi connectivity index (χ3v) is 6.36.